The number of ether oxygens (including phenoxy) is 3. The fraction of sp³-hybridized carbons (Fsp3) is 0.389. The third kappa shape index (κ3) is 3.47. The lowest BCUT2D eigenvalue weighted by atomic mass is 10.3. The van der Waals surface area contributed by atoms with Crippen molar-refractivity contribution in [2.75, 3.05) is 26.3 Å². The van der Waals surface area contributed by atoms with Crippen molar-refractivity contribution in [1.82, 2.24) is 9.29 Å². The molecule has 2 aliphatic rings. The normalized spacial score (nSPS) is 20.5. The molecule has 1 unspecified atom stereocenters. The lowest BCUT2D eigenvalue weighted by Gasteiger charge is -2.18. The van der Waals surface area contributed by atoms with Crippen molar-refractivity contribution in [3.8, 4) is 17.2 Å². The zero-order valence-electron chi connectivity index (χ0n) is 14.2. The molecule has 0 N–H and O–H groups in total. The van der Waals surface area contributed by atoms with Crippen LogP contribution in [0.1, 0.15) is 12.8 Å². The van der Waals surface area contributed by atoms with Gasteiger partial charge in [-0.1, -0.05) is 0 Å². The van der Waals surface area contributed by atoms with E-state index in [2.05, 4.69) is 4.98 Å². The van der Waals surface area contributed by atoms with Gasteiger partial charge in [-0.2, -0.15) is 4.31 Å². The molecule has 1 atom stereocenters. The summed E-state index contributed by atoms with van der Waals surface area (Å²) in [6, 6.07) is 8.38. The highest BCUT2D eigenvalue weighted by atomic mass is 32.2. The second-order valence-corrected chi connectivity index (χ2v) is 8.18. The lowest BCUT2D eigenvalue weighted by molar-refractivity contribution is 0.214. The lowest BCUT2D eigenvalue weighted by Crippen LogP contribution is -2.31. The molecule has 1 aromatic heterocycles. The first kappa shape index (κ1) is 17.1. The molecule has 0 spiro atoms. The molecule has 138 valence electrons. The Kier molecular flexibility index (Phi) is 4.69. The number of sulfonamides is 1. The number of rotatable bonds is 4. The predicted molar refractivity (Wildman–Crippen MR) is 94.1 cm³/mol. The molecule has 0 bridgehead atoms. The molecular weight excluding hydrogens is 356 g/mol. The summed E-state index contributed by atoms with van der Waals surface area (Å²) in [6.07, 6.45) is 4.52. The molecule has 26 heavy (non-hydrogen) atoms. The highest BCUT2D eigenvalue weighted by Crippen LogP contribution is 2.33. The molecule has 0 radical (unpaired) electrons. The fourth-order valence-corrected chi connectivity index (χ4v) is 4.58. The maximum atomic E-state index is 13.0. The van der Waals surface area contributed by atoms with Crippen LogP contribution in [0.5, 0.6) is 17.2 Å². The number of pyridine rings is 1. The Morgan fingerprint density at radius 1 is 1.15 bits per heavy atom. The first-order chi connectivity index (χ1) is 12.6. The fourth-order valence-electron chi connectivity index (χ4n) is 3.07. The number of hydrogen-bond donors (Lipinski definition) is 0. The van der Waals surface area contributed by atoms with Crippen LogP contribution in [0.2, 0.25) is 0 Å². The van der Waals surface area contributed by atoms with Gasteiger partial charge in [0.05, 0.1) is 30.9 Å². The van der Waals surface area contributed by atoms with Gasteiger partial charge in [0.2, 0.25) is 10.0 Å². The Labute approximate surface area is 152 Å². The standard InChI is InChI=1S/C18H20N2O5S/c21-26(22,16-4-5-17-18(11-16)24-10-2-9-23-17)20-8-6-15(13-20)25-14-3-1-7-19-12-14/h1,3-5,7,11-12,15H,2,6,8-10,13H2. The van der Waals surface area contributed by atoms with Crippen molar-refractivity contribution in [3.05, 3.63) is 42.7 Å². The van der Waals surface area contributed by atoms with Crippen LogP contribution in [0.15, 0.2) is 47.6 Å². The van der Waals surface area contributed by atoms with Crippen molar-refractivity contribution < 1.29 is 22.6 Å². The highest BCUT2D eigenvalue weighted by molar-refractivity contribution is 7.89. The predicted octanol–water partition coefficient (Wildman–Crippen LogP) is 2.08. The molecule has 0 saturated carbocycles. The van der Waals surface area contributed by atoms with Crippen LogP contribution in [-0.2, 0) is 10.0 Å². The van der Waals surface area contributed by atoms with Crippen LogP contribution in [0, 0.1) is 0 Å². The van der Waals surface area contributed by atoms with Crippen molar-refractivity contribution in [3.63, 3.8) is 0 Å². The Morgan fingerprint density at radius 2 is 2.00 bits per heavy atom. The largest absolute Gasteiger partial charge is 0.490 e. The van der Waals surface area contributed by atoms with E-state index in [1.54, 1.807) is 36.7 Å². The molecule has 0 amide bonds. The third-order valence-electron chi connectivity index (χ3n) is 4.40. The molecule has 0 aliphatic carbocycles. The van der Waals surface area contributed by atoms with E-state index in [9.17, 15) is 8.42 Å². The highest BCUT2D eigenvalue weighted by Gasteiger charge is 2.34. The molecule has 7 nitrogen and oxygen atoms in total. The van der Waals surface area contributed by atoms with E-state index in [1.165, 1.54) is 4.31 Å². The van der Waals surface area contributed by atoms with Crippen molar-refractivity contribution in [2.45, 2.75) is 23.8 Å². The van der Waals surface area contributed by atoms with Gasteiger partial charge in [-0.05, 0) is 30.7 Å². The maximum Gasteiger partial charge on any atom is 0.243 e. The van der Waals surface area contributed by atoms with Gasteiger partial charge >= 0.3 is 0 Å². The Balaban J connectivity index is 1.49. The molecule has 8 heteroatoms. The minimum Gasteiger partial charge on any atom is -0.490 e. The SMILES string of the molecule is O=S(=O)(c1ccc2c(c1)OCCCO2)N1CCC(Oc2cccnc2)C1. The molecule has 2 aromatic rings. The number of nitrogens with zero attached hydrogens (tertiary/aromatic N) is 2. The summed E-state index contributed by atoms with van der Waals surface area (Å²) in [5.41, 5.74) is 0. The van der Waals surface area contributed by atoms with Gasteiger partial charge < -0.3 is 14.2 Å². The van der Waals surface area contributed by atoms with Crippen LogP contribution >= 0.6 is 0 Å². The van der Waals surface area contributed by atoms with Gasteiger partial charge in [-0.3, -0.25) is 4.98 Å². The zero-order chi connectivity index (χ0) is 18.0. The third-order valence-corrected chi connectivity index (χ3v) is 6.26. The summed E-state index contributed by atoms with van der Waals surface area (Å²) in [7, 11) is -3.61. The maximum absolute atomic E-state index is 13.0. The van der Waals surface area contributed by atoms with Crippen LogP contribution in [-0.4, -0.2) is 50.1 Å². The Bertz CT molecular complexity index is 872. The zero-order valence-corrected chi connectivity index (χ0v) is 15.0. The van der Waals surface area contributed by atoms with Crippen molar-refractivity contribution in [2.24, 2.45) is 0 Å². The van der Waals surface area contributed by atoms with E-state index in [1.807, 2.05) is 6.07 Å². The summed E-state index contributed by atoms with van der Waals surface area (Å²) in [4.78, 5) is 4.22. The number of fused-ring (bicyclic) bond motifs is 1. The van der Waals surface area contributed by atoms with E-state index in [0.717, 1.165) is 6.42 Å². The van der Waals surface area contributed by atoms with Crippen LogP contribution in [0.3, 0.4) is 0 Å². The minimum absolute atomic E-state index is 0.186. The first-order valence-corrected chi connectivity index (χ1v) is 10.0. The van der Waals surface area contributed by atoms with E-state index < -0.39 is 10.0 Å². The summed E-state index contributed by atoms with van der Waals surface area (Å²) in [5.74, 6) is 1.71. The van der Waals surface area contributed by atoms with Crippen LogP contribution in [0.25, 0.3) is 0 Å². The van der Waals surface area contributed by atoms with Crippen molar-refractivity contribution in [1.29, 1.82) is 0 Å². The molecule has 3 heterocycles. The molecule has 1 aromatic carbocycles. The average Bonchev–Trinajstić information content (AvgIpc) is 2.99. The molecule has 1 fully saturated rings. The second kappa shape index (κ2) is 7.13. The number of aromatic nitrogens is 1. The number of benzene rings is 1. The summed E-state index contributed by atoms with van der Waals surface area (Å²) in [5, 5.41) is 0. The van der Waals surface area contributed by atoms with Gasteiger partial charge in [0.1, 0.15) is 11.9 Å². The molecular formula is C18H20N2O5S. The summed E-state index contributed by atoms with van der Waals surface area (Å²) < 4.78 is 44.4. The first-order valence-electron chi connectivity index (χ1n) is 8.59. The smallest absolute Gasteiger partial charge is 0.243 e. The Hall–Kier alpha value is -2.32. The second-order valence-electron chi connectivity index (χ2n) is 6.24. The molecule has 4 rings (SSSR count). The quantitative estimate of drug-likeness (QED) is 0.813. The topological polar surface area (TPSA) is 78.0 Å². The summed E-state index contributed by atoms with van der Waals surface area (Å²) in [6.45, 7) is 1.81. The van der Waals surface area contributed by atoms with Crippen LogP contribution < -0.4 is 14.2 Å². The summed E-state index contributed by atoms with van der Waals surface area (Å²) >= 11 is 0. The van der Waals surface area contributed by atoms with E-state index in [4.69, 9.17) is 14.2 Å². The van der Waals surface area contributed by atoms with Gasteiger partial charge in [0.25, 0.3) is 0 Å². The molecule has 1 saturated heterocycles. The van der Waals surface area contributed by atoms with E-state index in [0.29, 0.717) is 50.0 Å². The average molecular weight is 376 g/mol. The Morgan fingerprint density at radius 3 is 2.81 bits per heavy atom. The van der Waals surface area contributed by atoms with Crippen molar-refractivity contribution >= 4 is 10.0 Å². The van der Waals surface area contributed by atoms with Gasteiger partial charge in [0.15, 0.2) is 11.5 Å². The minimum atomic E-state index is -3.61. The van der Waals surface area contributed by atoms with Crippen LogP contribution in [0.4, 0.5) is 0 Å². The number of hydrogen-bond acceptors (Lipinski definition) is 6. The monoisotopic (exact) mass is 376 g/mol. The van der Waals surface area contributed by atoms with Gasteiger partial charge in [-0.15, -0.1) is 0 Å². The van der Waals surface area contributed by atoms with E-state index in [-0.39, 0.29) is 11.0 Å². The van der Waals surface area contributed by atoms with Gasteiger partial charge in [-0.25, -0.2) is 8.42 Å². The molecule has 2 aliphatic heterocycles. The van der Waals surface area contributed by atoms with E-state index >= 15 is 0 Å². The van der Waals surface area contributed by atoms with Gasteiger partial charge in [0, 0.05) is 25.2 Å².